The Bertz CT molecular complexity index is 377. The van der Waals surface area contributed by atoms with Crippen molar-refractivity contribution in [2.75, 3.05) is 6.61 Å². The lowest BCUT2D eigenvalue weighted by atomic mass is 10.3. The summed E-state index contributed by atoms with van der Waals surface area (Å²) in [5.41, 5.74) is 0. The first-order chi connectivity index (χ1) is 7.24. The number of carbonyl (C=O) groups excluding carboxylic acids is 2. The molecule has 0 radical (unpaired) electrons. The van der Waals surface area contributed by atoms with Gasteiger partial charge in [-0.2, -0.15) is 0 Å². The number of ketones is 1. The van der Waals surface area contributed by atoms with Crippen LogP contribution in [0.5, 0.6) is 0 Å². The maximum Gasteiger partial charge on any atom is 0.379 e. The van der Waals surface area contributed by atoms with Crippen molar-refractivity contribution in [3.05, 3.63) is 41.1 Å². The lowest BCUT2D eigenvalue weighted by Gasteiger charge is -1.95. The molecule has 0 aliphatic carbocycles. The molecule has 1 rings (SSSR count). The van der Waals surface area contributed by atoms with Crippen molar-refractivity contribution in [1.29, 1.82) is 0 Å². The smallest absolute Gasteiger partial charge is 0.379 e. The summed E-state index contributed by atoms with van der Waals surface area (Å²) in [5, 5.41) is 1.89. The summed E-state index contributed by atoms with van der Waals surface area (Å²) in [4.78, 5) is 23.1. The molecular weight excluding hydrogens is 212 g/mol. The molecule has 0 bridgehead atoms. The van der Waals surface area contributed by atoms with Gasteiger partial charge in [0.15, 0.2) is 0 Å². The van der Waals surface area contributed by atoms with Crippen LogP contribution in [0.4, 0.5) is 0 Å². The summed E-state index contributed by atoms with van der Waals surface area (Å²) < 4.78 is 4.57. The Morgan fingerprint density at radius 3 is 2.93 bits per heavy atom. The first-order valence-electron chi connectivity index (χ1n) is 4.27. The highest BCUT2D eigenvalue weighted by atomic mass is 32.1. The van der Waals surface area contributed by atoms with Crippen molar-refractivity contribution < 1.29 is 14.3 Å². The van der Waals surface area contributed by atoms with E-state index in [1.54, 1.807) is 6.08 Å². The van der Waals surface area contributed by atoms with Gasteiger partial charge in [0.1, 0.15) is 6.61 Å². The van der Waals surface area contributed by atoms with Crippen LogP contribution < -0.4 is 0 Å². The highest BCUT2D eigenvalue weighted by Gasteiger charge is 2.10. The third-order valence-electron chi connectivity index (χ3n) is 1.48. The van der Waals surface area contributed by atoms with E-state index in [9.17, 15) is 9.59 Å². The van der Waals surface area contributed by atoms with E-state index < -0.39 is 11.8 Å². The standard InChI is InChI=1S/C11H10O3S/c1-2-7-14-11(13)10(12)6-5-9-4-3-8-15-9/h2-6,8H,1,7H2/b6-5+. The summed E-state index contributed by atoms with van der Waals surface area (Å²) in [6.45, 7) is 3.43. The fourth-order valence-corrected chi connectivity index (χ4v) is 1.44. The van der Waals surface area contributed by atoms with Gasteiger partial charge in [0, 0.05) is 4.88 Å². The highest BCUT2D eigenvalue weighted by molar-refractivity contribution is 7.10. The molecule has 1 aromatic rings. The minimum Gasteiger partial charge on any atom is -0.455 e. The van der Waals surface area contributed by atoms with Crippen molar-refractivity contribution in [3.63, 3.8) is 0 Å². The van der Waals surface area contributed by atoms with Gasteiger partial charge in [0.2, 0.25) is 0 Å². The average Bonchev–Trinajstić information content (AvgIpc) is 2.75. The molecule has 0 atom stereocenters. The Morgan fingerprint density at radius 1 is 1.53 bits per heavy atom. The summed E-state index contributed by atoms with van der Waals surface area (Å²) in [5.74, 6) is -1.52. The highest BCUT2D eigenvalue weighted by Crippen LogP contribution is 2.10. The molecule has 0 saturated heterocycles. The largest absolute Gasteiger partial charge is 0.455 e. The zero-order chi connectivity index (χ0) is 11.1. The van der Waals surface area contributed by atoms with Gasteiger partial charge in [0.05, 0.1) is 0 Å². The molecule has 0 fully saturated rings. The van der Waals surface area contributed by atoms with Gasteiger partial charge >= 0.3 is 5.97 Å². The molecule has 0 aromatic carbocycles. The fraction of sp³-hybridized carbons (Fsp3) is 0.0909. The lowest BCUT2D eigenvalue weighted by Crippen LogP contribution is -2.14. The SMILES string of the molecule is C=CCOC(=O)C(=O)/C=C/c1cccs1. The summed E-state index contributed by atoms with van der Waals surface area (Å²) in [7, 11) is 0. The van der Waals surface area contributed by atoms with E-state index in [4.69, 9.17) is 0 Å². The van der Waals surface area contributed by atoms with E-state index in [2.05, 4.69) is 11.3 Å². The normalized spacial score (nSPS) is 10.1. The molecule has 4 heteroatoms. The van der Waals surface area contributed by atoms with E-state index in [0.717, 1.165) is 4.88 Å². The molecule has 78 valence electrons. The van der Waals surface area contributed by atoms with Gasteiger partial charge < -0.3 is 4.74 Å². The number of ether oxygens (including phenoxy) is 1. The Kier molecular flexibility index (Phi) is 4.50. The zero-order valence-electron chi connectivity index (χ0n) is 8.01. The minimum absolute atomic E-state index is 0.0530. The predicted octanol–water partition coefficient (Wildman–Crippen LogP) is 2.06. The van der Waals surface area contributed by atoms with E-state index >= 15 is 0 Å². The van der Waals surface area contributed by atoms with E-state index in [1.807, 2.05) is 17.5 Å². The van der Waals surface area contributed by atoms with Gasteiger partial charge in [-0.05, 0) is 23.6 Å². The summed E-state index contributed by atoms with van der Waals surface area (Å²) in [6, 6.07) is 3.72. The van der Waals surface area contributed by atoms with Gasteiger partial charge in [-0.25, -0.2) is 4.79 Å². The molecule has 0 N–H and O–H groups in total. The third-order valence-corrected chi connectivity index (χ3v) is 2.31. The predicted molar refractivity (Wildman–Crippen MR) is 59.5 cm³/mol. The van der Waals surface area contributed by atoms with Crippen molar-refractivity contribution in [3.8, 4) is 0 Å². The van der Waals surface area contributed by atoms with Crippen LogP contribution in [-0.2, 0) is 14.3 Å². The van der Waals surface area contributed by atoms with E-state index in [0.29, 0.717) is 0 Å². The molecule has 15 heavy (non-hydrogen) atoms. The lowest BCUT2D eigenvalue weighted by molar-refractivity contribution is -0.150. The number of rotatable bonds is 5. The molecule has 0 amide bonds. The van der Waals surface area contributed by atoms with Gasteiger partial charge in [-0.15, -0.1) is 11.3 Å². The number of esters is 1. The first kappa shape index (κ1) is 11.4. The molecule has 1 aromatic heterocycles. The molecule has 0 saturated carbocycles. The molecule has 0 aliphatic rings. The zero-order valence-corrected chi connectivity index (χ0v) is 8.83. The minimum atomic E-state index is -0.859. The number of hydrogen-bond acceptors (Lipinski definition) is 4. The van der Waals surface area contributed by atoms with Crippen LogP contribution in [0.1, 0.15) is 4.88 Å². The van der Waals surface area contributed by atoms with Gasteiger partial charge in [0.25, 0.3) is 5.78 Å². The van der Waals surface area contributed by atoms with Crippen LogP contribution >= 0.6 is 11.3 Å². The monoisotopic (exact) mass is 222 g/mol. The third kappa shape index (κ3) is 3.91. The van der Waals surface area contributed by atoms with Crippen LogP contribution in [-0.4, -0.2) is 18.4 Å². The second kappa shape index (κ2) is 5.93. The number of thiophene rings is 1. The Labute approximate surface area is 91.7 Å². The van der Waals surface area contributed by atoms with E-state index in [1.165, 1.54) is 23.5 Å². The number of hydrogen-bond donors (Lipinski definition) is 0. The topological polar surface area (TPSA) is 43.4 Å². The van der Waals surface area contributed by atoms with Crippen molar-refractivity contribution in [2.24, 2.45) is 0 Å². The van der Waals surface area contributed by atoms with Gasteiger partial charge in [-0.1, -0.05) is 18.7 Å². The second-order valence-electron chi connectivity index (χ2n) is 2.60. The fourth-order valence-electron chi connectivity index (χ4n) is 0.818. The van der Waals surface area contributed by atoms with Gasteiger partial charge in [-0.3, -0.25) is 4.79 Å². The van der Waals surface area contributed by atoms with Crippen molar-refractivity contribution in [1.82, 2.24) is 0 Å². The molecular formula is C11H10O3S. The van der Waals surface area contributed by atoms with Crippen LogP contribution in [0.25, 0.3) is 6.08 Å². The molecule has 0 spiro atoms. The Hall–Kier alpha value is -1.68. The van der Waals surface area contributed by atoms with Crippen LogP contribution in [0.3, 0.4) is 0 Å². The Morgan fingerprint density at radius 2 is 2.33 bits per heavy atom. The van der Waals surface area contributed by atoms with Crippen molar-refractivity contribution >= 4 is 29.2 Å². The maximum absolute atomic E-state index is 11.2. The van der Waals surface area contributed by atoms with Crippen LogP contribution in [0, 0.1) is 0 Å². The van der Waals surface area contributed by atoms with Crippen molar-refractivity contribution in [2.45, 2.75) is 0 Å². The summed E-state index contributed by atoms with van der Waals surface area (Å²) >= 11 is 1.49. The molecule has 3 nitrogen and oxygen atoms in total. The molecule has 0 aliphatic heterocycles. The summed E-state index contributed by atoms with van der Waals surface area (Å²) in [6.07, 6.45) is 4.20. The molecule has 1 heterocycles. The Balaban J connectivity index is 2.48. The van der Waals surface area contributed by atoms with Crippen LogP contribution in [0.15, 0.2) is 36.2 Å². The maximum atomic E-state index is 11.2. The second-order valence-corrected chi connectivity index (χ2v) is 3.58. The first-order valence-corrected chi connectivity index (χ1v) is 5.15. The van der Waals surface area contributed by atoms with Crippen LogP contribution in [0.2, 0.25) is 0 Å². The number of carbonyl (C=O) groups is 2. The van der Waals surface area contributed by atoms with E-state index in [-0.39, 0.29) is 6.61 Å². The average molecular weight is 222 g/mol. The quantitative estimate of drug-likeness (QED) is 0.331. The molecule has 0 unspecified atom stereocenters.